The molecule has 8 heteroatoms. The summed E-state index contributed by atoms with van der Waals surface area (Å²) in [5, 5.41) is 10.3. The Morgan fingerprint density at radius 1 is 1.29 bits per heavy atom. The monoisotopic (exact) mass is 490 g/mol. The van der Waals surface area contributed by atoms with Crippen LogP contribution in [0.3, 0.4) is 0 Å². The number of nitrogens with zero attached hydrogens (tertiary/aromatic N) is 2. The molecule has 8 nitrogen and oxygen atoms in total. The third-order valence-electron chi connectivity index (χ3n) is 8.15. The molecular formula is C27H42N2O6. The number of likely N-dealkylation sites (tertiary alicyclic amines) is 1. The van der Waals surface area contributed by atoms with E-state index in [9.17, 15) is 19.5 Å². The smallest absolute Gasteiger partial charge is 0.313 e. The van der Waals surface area contributed by atoms with Gasteiger partial charge in [0.15, 0.2) is 0 Å². The van der Waals surface area contributed by atoms with Crippen LogP contribution >= 0.6 is 0 Å². The molecule has 196 valence electrons. The van der Waals surface area contributed by atoms with E-state index in [1.165, 1.54) is 11.0 Å². The lowest BCUT2D eigenvalue weighted by Crippen LogP contribution is -2.62. The molecule has 3 aliphatic rings. The molecule has 3 heterocycles. The molecule has 35 heavy (non-hydrogen) atoms. The van der Waals surface area contributed by atoms with E-state index in [4.69, 9.17) is 9.47 Å². The SMILES string of the molecule is C=CCOC(=O)[C@@H]1[C@H]2C(=O)N([C@@H](CO)C(C)C)C(C(=O)N(CC=C)C(C)(C)C)C23CC[C@@]1(CC)O3. The van der Waals surface area contributed by atoms with Crippen molar-refractivity contribution in [2.75, 3.05) is 19.8 Å². The first-order chi connectivity index (χ1) is 16.4. The van der Waals surface area contributed by atoms with Crippen LogP contribution in [0.5, 0.6) is 0 Å². The first kappa shape index (κ1) is 27.4. The van der Waals surface area contributed by atoms with Crippen LogP contribution in [0.1, 0.15) is 60.8 Å². The lowest BCUT2D eigenvalue weighted by atomic mass is 9.65. The molecular weight excluding hydrogens is 448 g/mol. The minimum Gasteiger partial charge on any atom is -0.461 e. The minimum atomic E-state index is -1.16. The standard InChI is InChI=1S/C27H42N2O6/c1-9-14-28(25(6,7)8)23(32)21-27-13-12-26(11-3,35-27)20(24(33)34-15-10-2)19(27)22(31)29(21)18(16-30)17(4)5/h9-10,17-21,30H,1-2,11-16H2,3-8H3/t18-,19-,20-,21?,26+,27?/m0/s1. The van der Waals surface area contributed by atoms with E-state index in [0.717, 1.165) is 0 Å². The van der Waals surface area contributed by atoms with Crippen LogP contribution in [-0.2, 0) is 23.9 Å². The number of aliphatic hydroxyl groups excluding tert-OH is 1. The average Bonchev–Trinajstić information content (AvgIpc) is 3.39. The molecule has 0 radical (unpaired) electrons. The van der Waals surface area contributed by atoms with Crippen molar-refractivity contribution in [1.29, 1.82) is 0 Å². The van der Waals surface area contributed by atoms with E-state index >= 15 is 0 Å². The van der Waals surface area contributed by atoms with Gasteiger partial charge < -0.3 is 24.4 Å². The summed E-state index contributed by atoms with van der Waals surface area (Å²) in [6.07, 6.45) is 4.73. The molecule has 3 fully saturated rings. The van der Waals surface area contributed by atoms with Gasteiger partial charge in [-0.05, 0) is 46.0 Å². The van der Waals surface area contributed by atoms with Crippen LogP contribution in [0.2, 0.25) is 0 Å². The van der Waals surface area contributed by atoms with Crippen molar-refractivity contribution >= 4 is 17.8 Å². The summed E-state index contributed by atoms with van der Waals surface area (Å²) in [6.45, 7) is 19.1. The van der Waals surface area contributed by atoms with Gasteiger partial charge >= 0.3 is 5.97 Å². The van der Waals surface area contributed by atoms with E-state index < -0.39 is 46.6 Å². The Bertz CT molecular complexity index is 879. The fourth-order valence-corrected chi connectivity index (χ4v) is 6.47. The normalized spacial score (nSPS) is 32.5. The van der Waals surface area contributed by atoms with Crippen molar-refractivity contribution < 1.29 is 29.0 Å². The first-order valence-corrected chi connectivity index (χ1v) is 12.7. The van der Waals surface area contributed by atoms with Gasteiger partial charge in [-0.1, -0.05) is 39.5 Å². The molecule has 2 unspecified atom stereocenters. The number of esters is 1. The highest BCUT2D eigenvalue weighted by atomic mass is 16.6. The zero-order valence-corrected chi connectivity index (χ0v) is 22.1. The summed E-state index contributed by atoms with van der Waals surface area (Å²) in [5.74, 6) is -2.84. The van der Waals surface area contributed by atoms with Crippen LogP contribution < -0.4 is 0 Å². The molecule has 2 bridgehead atoms. The number of rotatable bonds is 10. The Morgan fingerprint density at radius 2 is 1.94 bits per heavy atom. The summed E-state index contributed by atoms with van der Waals surface area (Å²) in [4.78, 5) is 45.1. The predicted molar refractivity (Wildman–Crippen MR) is 132 cm³/mol. The molecule has 0 saturated carbocycles. The second-order valence-electron chi connectivity index (χ2n) is 11.4. The van der Waals surface area contributed by atoms with Gasteiger partial charge in [0, 0.05) is 12.1 Å². The number of ether oxygens (including phenoxy) is 2. The van der Waals surface area contributed by atoms with Crippen molar-refractivity contribution in [2.24, 2.45) is 17.8 Å². The average molecular weight is 491 g/mol. The molecule has 6 atom stereocenters. The highest BCUT2D eigenvalue weighted by Gasteiger charge is 2.79. The summed E-state index contributed by atoms with van der Waals surface area (Å²) < 4.78 is 12.2. The van der Waals surface area contributed by atoms with Gasteiger partial charge in [0.25, 0.3) is 0 Å². The van der Waals surface area contributed by atoms with Crippen LogP contribution in [0.15, 0.2) is 25.3 Å². The van der Waals surface area contributed by atoms with Crippen molar-refractivity contribution in [1.82, 2.24) is 9.80 Å². The number of amides is 2. The number of carbonyl (C=O) groups excluding carboxylic acids is 3. The van der Waals surface area contributed by atoms with Crippen LogP contribution in [0.25, 0.3) is 0 Å². The molecule has 1 N–H and O–H groups in total. The summed E-state index contributed by atoms with van der Waals surface area (Å²) >= 11 is 0. The number of hydrogen-bond donors (Lipinski definition) is 1. The third kappa shape index (κ3) is 4.12. The quantitative estimate of drug-likeness (QED) is 0.374. The second kappa shape index (κ2) is 9.69. The van der Waals surface area contributed by atoms with Gasteiger partial charge in [0.05, 0.1) is 24.2 Å². The van der Waals surface area contributed by atoms with Crippen molar-refractivity contribution in [2.45, 2.75) is 89.6 Å². The highest BCUT2D eigenvalue weighted by Crippen LogP contribution is 2.65. The van der Waals surface area contributed by atoms with Gasteiger partial charge in [0.2, 0.25) is 11.8 Å². The first-order valence-electron chi connectivity index (χ1n) is 12.7. The van der Waals surface area contributed by atoms with Crippen molar-refractivity contribution in [3.63, 3.8) is 0 Å². The van der Waals surface area contributed by atoms with E-state index in [1.54, 1.807) is 11.0 Å². The number of aliphatic hydroxyl groups is 1. The maximum Gasteiger partial charge on any atom is 0.313 e. The Hall–Kier alpha value is -2.19. The molecule has 0 aliphatic carbocycles. The van der Waals surface area contributed by atoms with E-state index in [-0.39, 0.29) is 30.9 Å². The van der Waals surface area contributed by atoms with E-state index in [2.05, 4.69) is 13.2 Å². The van der Waals surface area contributed by atoms with Gasteiger partial charge in [-0.25, -0.2) is 0 Å². The van der Waals surface area contributed by atoms with E-state index in [1.807, 2.05) is 41.5 Å². The minimum absolute atomic E-state index is 0.0392. The lowest BCUT2D eigenvalue weighted by Gasteiger charge is -2.44. The molecule has 1 spiro atoms. The number of hydrogen-bond acceptors (Lipinski definition) is 6. The molecule has 3 rings (SSSR count). The maximum absolute atomic E-state index is 14.3. The van der Waals surface area contributed by atoms with Gasteiger partial charge in [-0.15, -0.1) is 6.58 Å². The number of fused-ring (bicyclic) bond motifs is 1. The highest BCUT2D eigenvalue weighted by molar-refractivity contribution is 5.99. The van der Waals surface area contributed by atoms with Gasteiger partial charge in [-0.2, -0.15) is 0 Å². The van der Waals surface area contributed by atoms with Gasteiger partial charge in [-0.3, -0.25) is 14.4 Å². The molecule has 3 saturated heterocycles. The second-order valence-corrected chi connectivity index (χ2v) is 11.4. The van der Waals surface area contributed by atoms with Crippen molar-refractivity contribution in [3.8, 4) is 0 Å². The van der Waals surface area contributed by atoms with E-state index in [0.29, 0.717) is 25.8 Å². The zero-order chi connectivity index (χ0) is 26.3. The summed E-state index contributed by atoms with van der Waals surface area (Å²) in [6, 6.07) is -1.54. The third-order valence-corrected chi connectivity index (χ3v) is 8.15. The fraction of sp³-hybridized carbons (Fsp3) is 0.741. The maximum atomic E-state index is 14.3. The van der Waals surface area contributed by atoms with Crippen LogP contribution in [0.4, 0.5) is 0 Å². The molecule has 2 amide bonds. The Kier molecular flexibility index (Phi) is 7.59. The fourth-order valence-electron chi connectivity index (χ4n) is 6.47. The Morgan fingerprint density at radius 3 is 2.43 bits per heavy atom. The Labute approximate surface area is 209 Å². The topological polar surface area (TPSA) is 96.4 Å². The van der Waals surface area contributed by atoms with Crippen LogP contribution in [0, 0.1) is 17.8 Å². The van der Waals surface area contributed by atoms with Crippen LogP contribution in [-0.4, -0.2) is 81.3 Å². The summed E-state index contributed by atoms with van der Waals surface area (Å²) in [7, 11) is 0. The van der Waals surface area contributed by atoms with Crippen molar-refractivity contribution in [3.05, 3.63) is 25.3 Å². The zero-order valence-electron chi connectivity index (χ0n) is 22.1. The lowest BCUT2D eigenvalue weighted by molar-refractivity contribution is -0.164. The summed E-state index contributed by atoms with van der Waals surface area (Å²) in [5.41, 5.74) is -2.56. The predicted octanol–water partition coefficient (Wildman–Crippen LogP) is 2.70. The molecule has 0 aromatic rings. The number of carbonyl (C=O) groups is 3. The Balaban J connectivity index is 2.20. The molecule has 3 aliphatic heterocycles. The molecule has 0 aromatic heterocycles. The van der Waals surface area contributed by atoms with Gasteiger partial charge in [0.1, 0.15) is 24.2 Å². The largest absolute Gasteiger partial charge is 0.461 e. The molecule has 0 aromatic carbocycles.